The third-order valence-corrected chi connectivity index (χ3v) is 6.48. The Bertz CT molecular complexity index is 647. The van der Waals surface area contributed by atoms with E-state index in [2.05, 4.69) is 0 Å². The van der Waals surface area contributed by atoms with E-state index in [-0.39, 0.29) is 12.2 Å². The number of hydrogen-bond acceptors (Lipinski definition) is 9. The molecule has 28 heavy (non-hydrogen) atoms. The summed E-state index contributed by atoms with van der Waals surface area (Å²) in [6.07, 6.45) is -5.50. The van der Waals surface area contributed by atoms with Crippen LogP contribution >= 0.6 is 0 Å². The number of fused-ring (bicyclic) bond motifs is 1. The molecule has 0 aromatic carbocycles. The van der Waals surface area contributed by atoms with Crippen LogP contribution in [0.25, 0.3) is 0 Å². The zero-order chi connectivity index (χ0) is 21.1. The molecule has 9 unspecified atom stereocenters. The Labute approximate surface area is 163 Å². The Morgan fingerprint density at radius 1 is 1.14 bits per heavy atom. The number of hydrogen-bond donors (Lipinski definition) is 5. The molecule has 2 heterocycles. The normalized spacial score (nSPS) is 50.4. The van der Waals surface area contributed by atoms with Crippen LogP contribution in [0.3, 0.4) is 0 Å². The van der Waals surface area contributed by atoms with Gasteiger partial charge in [0.2, 0.25) is 0 Å². The van der Waals surface area contributed by atoms with Gasteiger partial charge in [-0.3, -0.25) is 4.79 Å². The topological polar surface area (TPSA) is 149 Å². The van der Waals surface area contributed by atoms with E-state index in [1.807, 2.05) is 6.92 Å². The molecule has 0 aromatic heterocycles. The summed E-state index contributed by atoms with van der Waals surface area (Å²) in [7, 11) is 0. The lowest BCUT2D eigenvalue weighted by atomic mass is 9.61. The summed E-state index contributed by atoms with van der Waals surface area (Å²) in [6, 6.07) is 0. The summed E-state index contributed by atoms with van der Waals surface area (Å²) >= 11 is 0. The van der Waals surface area contributed by atoms with E-state index >= 15 is 0 Å². The summed E-state index contributed by atoms with van der Waals surface area (Å²) in [5.41, 5.74) is -2.36. The van der Waals surface area contributed by atoms with Gasteiger partial charge in [-0.05, 0) is 26.0 Å². The number of carbonyl (C=O) groups excluding carboxylic acids is 1. The van der Waals surface area contributed by atoms with Crippen molar-refractivity contribution in [2.45, 2.75) is 88.2 Å². The maximum Gasteiger partial charge on any atom is 0.187 e. The number of carbonyl (C=O) groups is 1. The number of aliphatic hydroxyl groups excluding tert-OH is 5. The van der Waals surface area contributed by atoms with Crippen LogP contribution in [0.15, 0.2) is 12.2 Å². The molecule has 160 valence electrons. The van der Waals surface area contributed by atoms with E-state index in [4.69, 9.17) is 14.2 Å². The Hall–Kier alpha value is -0.910. The van der Waals surface area contributed by atoms with Gasteiger partial charge in [-0.15, -0.1) is 0 Å². The number of allylic oxidation sites excluding steroid dienone is 1. The average molecular weight is 402 g/mol. The van der Waals surface area contributed by atoms with Crippen molar-refractivity contribution in [2.75, 3.05) is 6.61 Å². The summed E-state index contributed by atoms with van der Waals surface area (Å²) in [4.78, 5) is 11.4. The molecular weight excluding hydrogens is 372 g/mol. The van der Waals surface area contributed by atoms with Gasteiger partial charge in [0.05, 0.1) is 18.8 Å². The highest BCUT2D eigenvalue weighted by atomic mass is 16.7. The van der Waals surface area contributed by atoms with E-state index in [0.717, 1.165) is 0 Å². The van der Waals surface area contributed by atoms with Gasteiger partial charge in [-0.1, -0.05) is 13.8 Å². The number of ether oxygens (including phenoxy) is 3. The van der Waals surface area contributed by atoms with Crippen molar-refractivity contribution < 1.29 is 44.5 Å². The maximum atomic E-state index is 11.4. The smallest absolute Gasteiger partial charge is 0.187 e. The molecular formula is C19H30O9. The van der Waals surface area contributed by atoms with Crippen molar-refractivity contribution in [3.8, 4) is 0 Å². The molecule has 3 fully saturated rings. The minimum atomic E-state index is -1.56. The molecule has 0 bridgehead atoms. The minimum absolute atomic E-state index is 0.128. The fourth-order valence-electron chi connectivity index (χ4n) is 4.65. The van der Waals surface area contributed by atoms with Crippen LogP contribution in [-0.2, 0) is 19.0 Å². The van der Waals surface area contributed by atoms with Gasteiger partial charge in [0.1, 0.15) is 35.6 Å². The van der Waals surface area contributed by atoms with Crippen LogP contribution in [0.1, 0.15) is 34.1 Å². The number of epoxide rings is 1. The number of rotatable bonds is 5. The zero-order valence-corrected chi connectivity index (χ0v) is 16.5. The van der Waals surface area contributed by atoms with Crippen LogP contribution in [0.5, 0.6) is 0 Å². The third kappa shape index (κ3) is 3.14. The van der Waals surface area contributed by atoms with Gasteiger partial charge < -0.3 is 39.7 Å². The van der Waals surface area contributed by atoms with E-state index in [9.17, 15) is 30.3 Å². The lowest BCUT2D eigenvalue weighted by molar-refractivity contribution is -0.323. The van der Waals surface area contributed by atoms with Crippen LogP contribution in [0.2, 0.25) is 0 Å². The largest absolute Gasteiger partial charge is 0.394 e. The molecule has 3 aliphatic rings. The van der Waals surface area contributed by atoms with E-state index in [0.29, 0.717) is 0 Å². The van der Waals surface area contributed by atoms with Crippen LogP contribution in [0.4, 0.5) is 0 Å². The predicted molar refractivity (Wildman–Crippen MR) is 95.1 cm³/mol. The summed E-state index contributed by atoms with van der Waals surface area (Å²) in [5.74, 6) is -0.128. The molecule has 9 heteroatoms. The first-order valence-electron chi connectivity index (χ1n) is 9.44. The van der Waals surface area contributed by atoms with Gasteiger partial charge in [-0.2, -0.15) is 0 Å². The van der Waals surface area contributed by atoms with Gasteiger partial charge in [0.25, 0.3) is 0 Å². The highest BCUT2D eigenvalue weighted by molar-refractivity contribution is 5.87. The van der Waals surface area contributed by atoms with Crippen molar-refractivity contribution in [3.05, 3.63) is 12.2 Å². The van der Waals surface area contributed by atoms with Crippen molar-refractivity contribution in [1.82, 2.24) is 0 Å². The average Bonchev–Trinajstić information content (AvgIpc) is 3.25. The SMILES string of the molecule is CC(=O)C=CC12OC1(C)CC(OC1OC(CO)C(O)C(O)C1O)C(O)C2(C)C. The molecule has 9 nitrogen and oxygen atoms in total. The van der Waals surface area contributed by atoms with Gasteiger partial charge in [0.15, 0.2) is 12.1 Å². The van der Waals surface area contributed by atoms with Gasteiger partial charge in [-0.25, -0.2) is 0 Å². The molecule has 0 amide bonds. The first-order valence-corrected chi connectivity index (χ1v) is 9.44. The lowest BCUT2D eigenvalue weighted by Crippen LogP contribution is -2.62. The molecule has 9 atom stereocenters. The van der Waals surface area contributed by atoms with E-state index in [1.165, 1.54) is 13.0 Å². The lowest BCUT2D eigenvalue weighted by Gasteiger charge is -2.47. The summed E-state index contributed by atoms with van der Waals surface area (Å²) < 4.78 is 17.2. The Balaban J connectivity index is 1.80. The van der Waals surface area contributed by atoms with E-state index in [1.54, 1.807) is 19.9 Å². The van der Waals surface area contributed by atoms with Crippen molar-refractivity contribution in [2.24, 2.45) is 5.41 Å². The molecule has 2 aliphatic heterocycles. The fourth-order valence-corrected chi connectivity index (χ4v) is 4.65. The third-order valence-electron chi connectivity index (χ3n) is 6.48. The first kappa shape index (κ1) is 21.8. The molecule has 1 saturated carbocycles. The standard InChI is InChI=1S/C19H30O9/c1-9(21)5-6-19-17(2,3)15(25)10(7-18(19,4)28-19)26-16-14(24)13(23)12(22)11(8-20)27-16/h5-6,10-16,20,22-25H,7-8H2,1-4H3. The first-order chi connectivity index (χ1) is 12.9. The molecule has 0 aromatic rings. The highest BCUT2D eigenvalue weighted by Crippen LogP contribution is 2.66. The molecule has 5 N–H and O–H groups in total. The zero-order valence-electron chi connectivity index (χ0n) is 16.5. The minimum Gasteiger partial charge on any atom is -0.394 e. The second-order valence-corrected chi connectivity index (χ2v) is 8.76. The molecule has 2 saturated heterocycles. The predicted octanol–water partition coefficient (Wildman–Crippen LogP) is -1.36. The monoisotopic (exact) mass is 402 g/mol. The second-order valence-electron chi connectivity index (χ2n) is 8.76. The number of aliphatic hydroxyl groups is 5. The molecule has 0 radical (unpaired) electrons. The summed E-state index contributed by atoms with van der Waals surface area (Å²) in [6.45, 7) is 6.33. The Morgan fingerprint density at radius 2 is 1.79 bits per heavy atom. The van der Waals surface area contributed by atoms with Gasteiger partial charge in [0, 0.05) is 11.8 Å². The summed E-state index contributed by atoms with van der Waals surface area (Å²) in [5, 5.41) is 50.3. The maximum absolute atomic E-state index is 11.4. The van der Waals surface area contributed by atoms with Crippen LogP contribution in [-0.4, -0.2) is 92.0 Å². The van der Waals surface area contributed by atoms with Crippen molar-refractivity contribution >= 4 is 5.78 Å². The Kier molecular flexibility index (Phi) is 5.53. The molecule has 0 spiro atoms. The van der Waals surface area contributed by atoms with Crippen LogP contribution < -0.4 is 0 Å². The fraction of sp³-hybridized carbons (Fsp3) is 0.842. The Morgan fingerprint density at radius 3 is 2.36 bits per heavy atom. The quantitative estimate of drug-likeness (QED) is 0.277. The second kappa shape index (κ2) is 7.10. The number of ketones is 1. The van der Waals surface area contributed by atoms with Crippen molar-refractivity contribution in [3.63, 3.8) is 0 Å². The van der Waals surface area contributed by atoms with E-state index < -0.39 is 66.1 Å². The van der Waals surface area contributed by atoms with Gasteiger partial charge >= 0.3 is 0 Å². The highest BCUT2D eigenvalue weighted by Gasteiger charge is 2.78. The molecule has 1 aliphatic carbocycles. The molecule has 3 rings (SSSR count). The van der Waals surface area contributed by atoms with Crippen LogP contribution in [0, 0.1) is 5.41 Å². The van der Waals surface area contributed by atoms with Crippen molar-refractivity contribution in [1.29, 1.82) is 0 Å².